The Labute approximate surface area is 120 Å². The Balaban J connectivity index is 1.93. The van der Waals surface area contributed by atoms with Crippen LogP contribution in [0.2, 0.25) is 0 Å². The van der Waals surface area contributed by atoms with Crippen LogP contribution in [0.25, 0.3) is 10.8 Å². The second-order valence-electron chi connectivity index (χ2n) is 4.21. The zero-order valence-electron chi connectivity index (χ0n) is 11.1. The van der Waals surface area contributed by atoms with Crippen molar-refractivity contribution in [1.82, 2.24) is 20.3 Å². The van der Waals surface area contributed by atoms with Crippen molar-refractivity contribution in [3.63, 3.8) is 0 Å². The van der Waals surface area contributed by atoms with Crippen LogP contribution in [0.4, 0.5) is 0 Å². The monoisotopic (exact) mass is 292 g/mol. The van der Waals surface area contributed by atoms with Crippen LogP contribution >= 0.6 is 11.3 Å². The molecule has 0 aromatic carbocycles. The molecular weight excluding hydrogens is 276 g/mol. The van der Waals surface area contributed by atoms with Crippen LogP contribution < -0.4 is 5.32 Å². The van der Waals surface area contributed by atoms with E-state index in [9.17, 15) is 9.90 Å². The molecule has 20 heavy (non-hydrogen) atoms. The maximum absolute atomic E-state index is 11.9. The zero-order chi connectivity index (χ0) is 14.4. The molecule has 0 aliphatic rings. The van der Waals surface area contributed by atoms with Gasteiger partial charge in [0.25, 0.3) is 5.91 Å². The highest BCUT2D eigenvalue weighted by molar-refractivity contribution is 7.16. The van der Waals surface area contributed by atoms with E-state index >= 15 is 0 Å². The van der Waals surface area contributed by atoms with Gasteiger partial charge in [-0.1, -0.05) is 6.92 Å². The van der Waals surface area contributed by atoms with Gasteiger partial charge < -0.3 is 10.4 Å². The highest BCUT2D eigenvalue weighted by atomic mass is 32.1. The van der Waals surface area contributed by atoms with Gasteiger partial charge >= 0.3 is 0 Å². The minimum Gasteiger partial charge on any atom is -0.393 e. The van der Waals surface area contributed by atoms with Crippen LogP contribution in [0.3, 0.4) is 0 Å². The molecule has 1 unspecified atom stereocenters. The van der Waals surface area contributed by atoms with E-state index < -0.39 is 0 Å². The van der Waals surface area contributed by atoms with E-state index in [-0.39, 0.29) is 12.0 Å². The number of nitrogens with zero attached hydrogens (tertiary/aromatic N) is 3. The predicted octanol–water partition coefficient (Wildman–Crippen LogP) is 1.49. The zero-order valence-corrected chi connectivity index (χ0v) is 11.9. The summed E-state index contributed by atoms with van der Waals surface area (Å²) in [4.78, 5) is 24.7. The van der Waals surface area contributed by atoms with E-state index in [0.717, 1.165) is 0 Å². The van der Waals surface area contributed by atoms with E-state index in [0.29, 0.717) is 35.1 Å². The number of nitrogens with one attached hydrogen (secondary N) is 1. The first-order chi connectivity index (χ1) is 9.70. The Hall–Kier alpha value is -1.86. The Bertz CT molecular complexity index is 559. The van der Waals surface area contributed by atoms with Gasteiger partial charge in [-0.05, 0) is 18.9 Å². The lowest BCUT2D eigenvalue weighted by molar-refractivity contribution is 0.0946. The van der Waals surface area contributed by atoms with Crippen molar-refractivity contribution in [3.05, 3.63) is 29.5 Å². The van der Waals surface area contributed by atoms with Crippen LogP contribution in [-0.4, -0.2) is 38.6 Å². The molecule has 0 aliphatic heterocycles. The number of carbonyl (C=O) groups is 1. The average molecular weight is 292 g/mol. The molecule has 2 aromatic rings. The van der Waals surface area contributed by atoms with Crippen LogP contribution in [0.5, 0.6) is 0 Å². The van der Waals surface area contributed by atoms with E-state index in [1.165, 1.54) is 17.5 Å². The van der Waals surface area contributed by atoms with Gasteiger partial charge in [-0.15, -0.1) is 11.3 Å². The highest BCUT2D eigenvalue weighted by Crippen LogP contribution is 2.21. The quantitative estimate of drug-likeness (QED) is 0.842. The van der Waals surface area contributed by atoms with E-state index in [4.69, 9.17) is 0 Å². The topological polar surface area (TPSA) is 88.0 Å². The van der Waals surface area contributed by atoms with Crippen molar-refractivity contribution in [2.75, 3.05) is 6.54 Å². The molecule has 2 aromatic heterocycles. The first-order valence-electron chi connectivity index (χ1n) is 6.40. The predicted molar refractivity (Wildman–Crippen MR) is 76.4 cm³/mol. The number of aromatic nitrogens is 3. The standard InChI is InChI=1S/C13H16N4O2S/c1-2-9(18)4-7-16-12(19)10-8-17-13(20-10)11-14-5-3-6-15-11/h3,5-6,8-9,18H,2,4,7H2,1H3,(H,16,19). The van der Waals surface area contributed by atoms with Gasteiger partial charge in [0, 0.05) is 18.9 Å². The third-order valence-electron chi connectivity index (χ3n) is 2.72. The van der Waals surface area contributed by atoms with Gasteiger partial charge in [0.15, 0.2) is 10.8 Å². The van der Waals surface area contributed by atoms with Crippen molar-refractivity contribution in [2.24, 2.45) is 0 Å². The van der Waals surface area contributed by atoms with Gasteiger partial charge in [0.1, 0.15) is 4.88 Å². The fourth-order valence-electron chi connectivity index (χ4n) is 1.54. The number of hydrogen-bond acceptors (Lipinski definition) is 6. The number of aliphatic hydroxyl groups excluding tert-OH is 1. The van der Waals surface area contributed by atoms with Crippen LogP contribution in [-0.2, 0) is 0 Å². The number of carbonyl (C=O) groups excluding carboxylic acids is 1. The van der Waals surface area contributed by atoms with E-state index in [2.05, 4.69) is 20.3 Å². The molecule has 2 heterocycles. The number of thiazole rings is 1. The lowest BCUT2D eigenvalue weighted by atomic mass is 10.2. The van der Waals surface area contributed by atoms with Gasteiger partial charge in [-0.3, -0.25) is 4.79 Å². The summed E-state index contributed by atoms with van der Waals surface area (Å²) < 4.78 is 0. The molecule has 0 aliphatic carbocycles. The fourth-order valence-corrected chi connectivity index (χ4v) is 2.32. The second-order valence-corrected chi connectivity index (χ2v) is 5.24. The Kier molecular flexibility index (Phi) is 5.14. The third kappa shape index (κ3) is 3.82. The van der Waals surface area contributed by atoms with Gasteiger partial charge in [-0.25, -0.2) is 15.0 Å². The smallest absolute Gasteiger partial charge is 0.263 e. The normalized spacial score (nSPS) is 12.1. The van der Waals surface area contributed by atoms with Crippen LogP contribution in [0.15, 0.2) is 24.7 Å². The second kappa shape index (κ2) is 7.06. The van der Waals surface area contributed by atoms with E-state index in [1.807, 2.05) is 6.92 Å². The molecule has 0 spiro atoms. The molecule has 0 saturated heterocycles. The van der Waals surface area contributed by atoms with Crippen LogP contribution in [0, 0.1) is 0 Å². The van der Waals surface area contributed by atoms with Crippen molar-refractivity contribution in [3.8, 4) is 10.8 Å². The Morgan fingerprint density at radius 2 is 2.15 bits per heavy atom. The largest absolute Gasteiger partial charge is 0.393 e. The number of hydrogen-bond donors (Lipinski definition) is 2. The molecule has 0 radical (unpaired) electrons. The Morgan fingerprint density at radius 3 is 2.85 bits per heavy atom. The summed E-state index contributed by atoms with van der Waals surface area (Å²) in [5.41, 5.74) is 0. The SMILES string of the molecule is CCC(O)CCNC(=O)c1cnc(-c2ncccn2)s1. The number of amides is 1. The average Bonchev–Trinajstić information content (AvgIpc) is 2.97. The summed E-state index contributed by atoms with van der Waals surface area (Å²) in [6.07, 6.45) is 5.65. The first-order valence-corrected chi connectivity index (χ1v) is 7.21. The summed E-state index contributed by atoms with van der Waals surface area (Å²) >= 11 is 1.25. The van der Waals surface area contributed by atoms with Crippen molar-refractivity contribution in [1.29, 1.82) is 0 Å². The third-order valence-corrected chi connectivity index (χ3v) is 3.71. The molecule has 6 nitrogen and oxygen atoms in total. The molecule has 1 atom stereocenters. The van der Waals surface area contributed by atoms with Gasteiger partial charge in [0.2, 0.25) is 0 Å². The van der Waals surface area contributed by atoms with Crippen molar-refractivity contribution >= 4 is 17.2 Å². The molecular formula is C13H16N4O2S. The summed E-state index contributed by atoms with van der Waals surface area (Å²) in [5.74, 6) is 0.325. The summed E-state index contributed by atoms with van der Waals surface area (Å²) in [6, 6.07) is 1.73. The molecule has 7 heteroatoms. The molecule has 0 bridgehead atoms. The molecule has 0 fully saturated rings. The minimum absolute atomic E-state index is 0.187. The Morgan fingerprint density at radius 1 is 1.40 bits per heavy atom. The number of aliphatic hydroxyl groups is 1. The summed E-state index contributed by atoms with van der Waals surface area (Å²) in [7, 11) is 0. The molecule has 2 rings (SSSR count). The summed E-state index contributed by atoms with van der Waals surface area (Å²) in [5, 5.41) is 12.8. The molecule has 1 amide bonds. The fraction of sp³-hybridized carbons (Fsp3) is 0.385. The van der Waals surface area contributed by atoms with Crippen LogP contribution in [0.1, 0.15) is 29.4 Å². The van der Waals surface area contributed by atoms with Gasteiger partial charge in [0.05, 0.1) is 12.3 Å². The first kappa shape index (κ1) is 14.5. The molecule has 0 saturated carbocycles. The lowest BCUT2D eigenvalue weighted by Gasteiger charge is -2.07. The van der Waals surface area contributed by atoms with Crippen molar-refractivity contribution in [2.45, 2.75) is 25.9 Å². The summed E-state index contributed by atoms with van der Waals surface area (Å²) in [6.45, 7) is 2.35. The maximum Gasteiger partial charge on any atom is 0.263 e. The minimum atomic E-state index is -0.370. The lowest BCUT2D eigenvalue weighted by Crippen LogP contribution is -2.26. The molecule has 2 N–H and O–H groups in total. The van der Waals surface area contributed by atoms with E-state index in [1.54, 1.807) is 18.5 Å². The van der Waals surface area contributed by atoms with Gasteiger partial charge in [-0.2, -0.15) is 0 Å². The molecule has 106 valence electrons. The van der Waals surface area contributed by atoms with Crippen molar-refractivity contribution < 1.29 is 9.90 Å². The number of rotatable bonds is 6. The highest BCUT2D eigenvalue weighted by Gasteiger charge is 2.13. The maximum atomic E-state index is 11.9.